The first kappa shape index (κ1) is 16.3. The highest BCUT2D eigenvalue weighted by atomic mass is 79.9. The average molecular weight is 371 g/mol. The summed E-state index contributed by atoms with van der Waals surface area (Å²) in [4.78, 5) is 0. The van der Waals surface area contributed by atoms with Gasteiger partial charge in [0.15, 0.2) is 0 Å². The number of nitrogens with two attached hydrogens (primary N) is 1. The van der Waals surface area contributed by atoms with Gasteiger partial charge in [0.05, 0.1) is 13.2 Å². The van der Waals surface area contributed by atoms with Crippen molar-refractivity contribution in [2.24, 2.45) is 5.73 Å². The summed E-state index contributed by atoms with van der Waals surface area (Å²) in [6.45, 7) is 0.282. The summed E-state index contributed by atoms with van der Waals surface area (Å²) in [6.07, 6.45) is -0.794. The minimum absolute atomic E-state index is 0.282. The van der Waals surface area contributed by atoms with Crippen LogP contribution in [0.2, 0.25) is 5.02 Å². The van der Waals surface area contributed by atoms with Crippen molar-refractivity contribution in [3.8, 4) is 5.75 Å². The second-order valence-corrected chi connectivity index (χ2v) is 6.02. The van der Waals surface area contributed by atoms with E-state index in [4.69, 9.17) is 22.1 Å². The Hall–Kier alpha value is -1.07. The lowest BCUT2D eigenvalue weighted by Crippen LogP contribution is -2.21. The molecule has 2 aromatic carbocycles. The molecule has 3 N–H and O–H groups in total. The summed E-state index contributed by atoms with van der Waals surface area (Å²) < 4.78 is 6.23. The Balaban J connectivity index is 2.41. The Morgan fingerprint density at radius 2 is 1.95 bits per heavy atom. The number of methoxy groups -OCH3 is 1. The average Bonchev–Trinajstić information content (AvgIpc) is 2.49. The largest absolute Gasteiger partial charge is 0.496 e. The normalized spacial score (nSPS) is 13.8. The number of ether oxygens (including phenoxy) is 1. The van der Waals surface area contributed by atoms with Gasteiger partial charge in [-0.3, -0.25) is 0 Å². The maximum Gasteiger partial charge on any atom is 0.125 e. The third-order valence-electron chi connectivity index (χ3n) is 3.45. The predicted molar refractivity (Wildman–Crippen MR) is 88.9 cm³/mol. The molecule has 0 saturated heterocycles. The zero-order chi connectivity index (χ0) is 15.4. The summed E-state index contributed by atoms with van der Waals surface area (Å²) in [5, 5.41) is 11.3. The number of hydrogen-bond acceptors (Lipinski definition) is 3. The molecule has 2 rings (SSSR count). The smallest absolute Gasteiger partial charge is 0.125 e. The fraction of sp³-hybridized carbons (Fsp3) is 0.250. The zero-order valence-corrected chi connectivity index (χ0v) is 13.9. The third kappa shape index (κ3) is 3.58. The molecule has 0 aliphatic carbocycles. The Labute approximate surface area is 137 Å². The van der Waals surface area contributed by atoms with Crippen molar-refractivity contribution in [2.75, 3.05) is 13.7 Å². The van der Waals surface area contributed by atoms with Gasteiger partial charge in [0.2, 0.25) is 0 Å². The van der Waals surface area contributed by atoms with Crippen LogP contribution in [0.3, 0.4) is 0 Å². The number of aliphatic hydroxyl groups is 1. The molecule has 0 saturated carbocycles. The van der Waals surface area contributed by atoms with Crippen molar-refractivity contribution < 1.29 is 9.84 Å². The molecule has 21 heavy (non-hydrogen) atoms. The van der Waals surface area contributed by atoms with Crippen LogP contribution in [0.4, 0.5) is 0 Å². The van der Waals surface area contributed by atoms with Gasteiger partial charge in [0, 0.05) is 27.5 Å². The van der Waals surface area contributed by atoms with Crippen LogP contribution in [-0.4, -0.2) is 18.8 Å². The van der Waals surface area contributed by atoms with Gasteiger partial charge < -0.3 is 15.6 Å². The second kappa shape index (κ2) is 7.27. The SMILES string of the molecule is COc1cc(Br)ccc1C(O)C(CN)c1ccccc1Cl. The molecule has 2 unspecified atom stereocenters. The number of halogens is 2. The Bertz CT molecular complexity index is 621. The van der Waals surface area contributed by atoms with E-state index >= 15 is 0 Å². The number of aliphatic hydroxyl groups excluding tert-OH is 1. The van der Waals surface area contributed by atoms with Gasteiger partial charge in [-0.25, -0.2) is 0 Å². The Morgan fingerprint density at radius 3 is 2.57 bits per heavy atom. The molecule has 0 spiro atoms. The van der Waals surface area contributed by atoms with Crippen LogP contribution in [0.15, 0.2) is 46.9 Å². The van der Waals surface area contributed by atoms with E-state index in [0.717, 1.165) is 10.0 Å². The molecule has 0 aliphatic rings. The molecule has 0 bridgehead atoms. The predicted octanol–water partition coefficient (Wildman–Crippen LogP) is 3.89. The van der Waals surface area contributed by atoms with Crippen LogP contribution in [0.25, 0.3) is 0 Å². The lowest BCUT2D eigenvalue weighted by Gasteiger charge is -2.24. The van der Waals surface area contributed by atoms with E-state index in [-0.39, 0.29) is 12.5 Å². The molecule has 0 radical (unpaired) electrons. The van der Waals surface area contributed by atoms with Gasteiger partial charge >= 0.3 is 0 Å². The molecule has 0 heterocycles. The molecule has 112 valence electrons. The summed E-state index contributed by atoms with van der Waals surface area (Å²) in [7, 11) is 1.57. The summed E-state index contributed by atoms with van der Waals surface area (Å²) >= 11 is 9.61. The zero-order valence-electron chi connectivity index (χ0n) is 11.6. The molecular weight excluding hydrogens is 354 g/mol. The molecular formula is C16H17BrClNO2. The minimum atomic E-state index is -0.794. The van der Waals surface area contributed by atoms with Crippen molar-refractivity contribution >= 4 is 27.5 Å². The van der Waals surface area contributed by atoms with E-state index in [1.807, 2.05) is 36.4 Å². The summed E-state index contributed by atoms with van der Waals surface area (Å²) in [5.74, 6) is 0.316. The number of benzene rings is 2. The van der Waals surface area contributed by atoms with Crippen LogP contribution in [0.1, 0.15) is 23.1 Å². The van der Waals surface area contributed by atoms with E-state index in [9.17, 15) is 5.11 Å². The topological polar surface area (TPSA) is 55.5 Å². The van der Waals surface area contributed by atoms with E-state index < -0.39 is 6.10 Å². The van der Waals surface area contributed by atoms with Crippen molar-refractivity contribution in [3.05, 3.63) is 63.1 Å². The third-order valence-corrected chi connectivity index (χ3v) is 4.29. The Morgan fingerprint density at radius 1 is 1.24 bits per heavy atom. The van der Waals surface area contributed by atoms with E-state index in [0.29, 0.717) is 16.3 Å². The molecule has 0 amide bonds. The minimum Gasteiger partial charge on any atom is -0.496 e. The van der Waals surface area contributed by atoms with Crippen LogP contribution in [0, 0.1) is 0 Å². The first-order chi connectivity index (χ1) is 10.1. The van der Waals surface area contributed by atoms with E-state index in [1.54, 1.807) is 13.2 Å². The van der Waals surface area contributed by atoms with Gasteiger partial charge in [0.25, 0.3) is 0 Å². The fourth-order valence-electron chi connectivity index (χ4n) is 2.35. The highest BCUT2D eigenvalue weighted by molar-refractivity contribution is 9.10. The fourth-order valence-corrected chi connectivity index (χ4v) is 2.96. The first-order valence-electron chi connectivity index (χ1n) is 6.54. The van der Waals surface area contributed by atoms with Crippen molar-refractivity contribution in [1.29, 1.82) is 0 Å². The molecule has 0 aromatic heterocycles. The number of rotatable bonds is 5. The van der Waals surface area contributed by atoms with Crippen LogP contribution in [-0.2, 0) is 0 Å². The van der Waals surface area contributed by atoms with Gasteiger partial charge in [-0.1, -0.05) is 51.8 Å². The van der Waals surface area contributed by atoms with Gasteiger partial charge in [-0.2, -0.15) is 0 Å². The molecule has 2 aromatic rings. The monoisotopic (exact) mass is 369 g/mol. The van der Waals surface area contributed by atoms with Gasteiger partial charge in [-0.15, -0.1) is 0 Å². The highest BCUT2D eigenvalue weighted by Gasteiger charge is 2.25. The molecule has 3 nitrogen and oxygen atoms in total. The highest BCUT2D eigenvalue weighted by Crippen LogP contribution is 2.38. The molecule has 2 atom stereocenters. The summed E-state index contributed by atoms with van der Waals surface area (Å²) in [6, 6.07) is 12.9. The van der Waals surface area contributed by atoms with Crippen molar-refractivity contribution in [1.82, 2.24) is 0 Å². The quantitative estimate of drug-likeness (QED) is 0.839. The lowest BCUT2D eigenvalue weighted by atomic mass is 9.89. The van der Waals surface area contributed by atoms with Crippen molar-refractivity contribution in [2.45, 2.75) is 12.0 Å². The van der Waals surface area contributed by atoms with Gasteiger partial charge in [0.1, 0.15) is 5.75 Å². The second-order valence-electron chi connectivity index (χ2n) is 4.69. The maximum atomic E-state index is 10.7. The van der Waals surface area contributed by atoms with Crippen LogP contribution < -0.4 is 10.5 Å². The van der Waals surface area contributed by atoms with E-state index in [2.05, 4.69) is 15.9 Å². The molecule has 5 heteroatoms. The summed E-state index contributed by atoms with van der Waals surface area (Å²) in [5.41, 5.74) is 7.39. The molecule has 0 fully saturated rings. The van der Waals surface area contributed by atoms with Crippen LogP contribution in [0.5, 0.6) is 5.75 Å². The van der Waals surface area contributed by atoms with E-state index in [1.165, 1.54) is 0 Å². The Kier molecular flexibility index (Phi) is 5.65. The molecule has 0 aliphatic heterocycles. The maximum absolute atomic E-state index is 10.7. The van der Waals surface area contributed by atoms with Crippen LogP contribution >= 0.6 is 27.5 Å². The standard InChI is InChI=1S/C16H17BrClNO2/c1-21-15-8-10(17)6-7-12(15)16(20)13(9-19)11-4-2-3-5-14(11)18/h2-8,13,16,20H,9,19H2,1H3. The lowest BCUT2D eigenvalue weighted by molar-refractivity contribution is 0.144. The number of hydrogen-bond donors (Lipinski definition) is 2. The first-order valence-corrected chi connectivity index (χ1v) is 7.71. The van der Waals surface area contributed by atoms with Gasteiger partial charge in [-0.05, 0) is 23.8 Å². The van der Waals surface area contributed by atoms with Crippen molar-refractivity contribution in [3.63, 3.8) is 0 Å².